The van der Waals surface area contributed by atoms with E-state index in [0.29, 0.717) is 6.04 Å². The van der Waals surface area contributed by atoms with E-state index in [4.69, 9.17) is 0 Å². The minimum atomic E-state index is 0. The summed E-state index contributed by atoms with van der Waals surface area (Å²) in [6, 6.07) is 4.40. The quantitative estimate of drug-likeness (QED) is 0.796. The Morgan fingerprint density at radius 2 is 1.83 bits per heavy atom. The largest absolute Gasteiger partial charge is 0.335 e. The smallest absolute Gasteiger partial charge is 0.264 e. The third-order valence-corrected chi connectivity index (χ3v) is 5.96. The number of hydrogen-bond acceptors (Lipinski definition) is 3. The van der Waals surface area contributed by atoms with Crippen LogP contribution in [0.2, 0.25) is 0 Å². The molecule has 3 heterocycles. The zero-order chi connectivity index (χ0) is 15.2. The third-order valence-electron chi connectivity index (χ3n) is 5.10. The van der Waals surface area contributed by atoms with Crippen LogP contribution in [0.15, 0.2) is 17.5 Å². The number of thiophene rings is 1. The number of halogens is 1. The van der Waals surface area contributed by atoms with E-state index in [1.807, 2.05) is 17.5 Å². The van der Waals surface area contributed by atoms with Crippen molar-refractivity contribution in [1.82, 2.24) is 9.80 Å². The normalized spacial score (nSPS) is 23.1. The minimum absolute atomic E-state index is 0. The van der Waals surface area contributed by atoms with Crippen LogP contribution in [0.25, 0.3) is 0 Å². The van der Waals surface area contributed by atoms with E-state index in [-0.39, 0.29) is 18.3 Å². The summed E-state index contributed by atoms with van der Waals surface area (Å²) in [5.41, 5.74) is 0. The fourth-order valence-electron chi connectivity index (χ4n) is 3.80. The number of carbonyl (C=O) groups excluding carboxylic acids is 1. The summed E-state index contributed by atoms with van der Waals surface area (Å²) in [7, 11) is 0. The Labute approximate surface area is 150 Å². The highest BCUT2D eigenvalue weighted by Gasteiger charge is 2.28. The topological polar surface area (TPSA) is 23.6 Å². The third kappa shape index (κ3) is 5.20. The molecule has 0 aromatic carbocycles. The lowest BCUT2D eigenvalue weighted by Crippen LogP contribution is -2.45. The average molecular weight is 357 g/mol. The molecular formula is C18H29ClN2OS. The molecule has 2 aliphatic rings. The molecule has 5 heteroatoms. The van der Waals surface area contributed by atoms with Gasteiger partial charge >= 0.3 is 0 Å². The monoisotopic (exact) mass is 356 g/mol. The molecule has 1 aromatic rings. The highest BCUT2D eigenvalue weighted by atomic mass is 35.5. The van der Waals surface area contributed by atoms with E-state index in [1.54, 1.807) is 11.3 Å². The Bertz CT molecular complexity index is 458. The molecule has 2 aliphatic heterocycles. The predicted octanol–water partition coefficient (Wildman–Crippen LogP) is 4.43. The Balaban J connectivity index is 0.00000192. The van der Waals surface area contributed by atoms with E-state index < -0.39 is 0 Å². The summed E-state index contributed by atoms with van der Waals surface area (Å²) >= 11 is 1.57. The van der Waals surface area contributed by atoms with Gasteiger partial charge in [0, 0.05) is 19.1 Å². The zero-order valence-electron chi connectivity index (χ0n) is 13.9. The molecule has 2 saturated heterocycles. The van der Waals surface area contributed by atoms with Gasteiger partial charge < -0.3 is 9.80 Å². The molecule has 1 amide bonds. The second-order valence-electron chi connectivity index (χ2n) is 6.67. The first-order valence-corrected chi connectivity index (χ1v) is 9.79. The van der Waals surface area contributed by atoms with Crippen LogP contribution in [0.1, 0.15) is 61.0 Å². The molecule has 0 N–H and O–H groups in total. The van der Waals surface area contributed by atoms with Gasteiger partial charge in [0.2, 0.25) is 0 Å². The summed E-state index contributed by atoms with van der Waals surface area (Å²) in [6.45, 7) is 4.62. The molecule has 0 bridgehead atoms. The molecule has 3 nitrogen and oxygen atoms in total. The lowest BCUT2D eigenvalue weighted by Gasteiger charge is -2.36. The maximum atomic E-state index is 12.7. The van der Waals surface area contributed by atoms with Crippen LogP contribution in [0.4, 0.5) is 0 Å². The first kappa shape index (κ1) is 18.8. The molecule has 2 fully saturated rings. The molecule has 0 spiro atoms. The highest BCUT2D eigenvalue weighted by Crippen LogP contribution is 2.24. The van der Waals surface area contributed by atoms with E-state index in [2.05, 4.69) is 9.80 Å². The summed E-state index contributed by atoms with van der Waals surface area (Å²) in [5.74, 6) is 0.260. The van der Waals surface area contributed by atoms with Crippen molar-refractivity contribution in [3.63, 3.8) is 0 Å². The van der Waals surface area contributed by atoms with E-state index in [9.17, 15) is 4.79 Å². The van der Waals surface area contributed by atoms with Crippen LogP contribution in [-0.4, -0.2) is 47.9 Å². The van der Waals surface area contributed by atoms with Crippen LogP contribution in [0.3, 0.4) is 0 Å². The molecule has 3 rings (SSSR count). The van der Waals surface area contributed by atoms with Crippen LogP contribution >= 0.6 is 23.7 Å². The molecule has 0 aliphatic carbocycles. The van der Waals surface area contributed by atoms with Crippen molar-refractivity contribution >= 4 is 29.7 Å². The lowest BCUT2D eigenvalue weighted by molar-refractivity contribution is 0.0589. The summed E-state index contributed by atoms with van der Waals surface area (Å²) in [6.07, 6.45) is 10.3. The van der Waals surface area contributed by atoms with Gasteiger partial charge in [-0.2, -0.15) is 0 Å². The summed E-state index contributed by atoms with van der Waals surface area (Å²) in [4.78, 5) is 18.4. The number of piperidine rings is 1. The van der Waals surface area contributed by atoms with Crippen molar-refractivity contribution in [2.45, 2.75) is 57.4 Å². The summed E-state index contributed by atoms with van der Waals surface area (Å²) in [5, 5.41) is 2.00. The van der Waals surface area contributed by atoms with Gasteiger partial charge in [-0.05, 0) is 63.1 Å². The van der Waals surface area contributed by atoms with E-state index in [1.165, 1.54) is 58.2 Å². The molecule has 1 atom stereocenters. The number of likely N-dealkylation sites (tertiary alicyclic amines) is 2. The second-order valence-corrected chi connectivity index (χ2v) is 7.62. The zero-order valence-corrected chi connectivity index (χ0v) is 15.5. The maximum absolute atomic E-state index is 12.7. The fourth-order valence-corrected chi connectivity index (χ4v) is 4.48. The molecule has 130 valence electrons. The highest BCUT2D eigenvalue weighted by molar-refractivity contribution is 7.12. The Kier molecular flexibility index (Phi) is 7.87. The van der Waals surface area contributed by atoms with Crippen molar-refractivity contribution in [2.24, 2.45) is 0 Å². The van der Waals surface area contributed by atoms with Crippen molar-refractivity contribution in [3.05, 3.63) is 22.4 Å². The van der Waals surface area contributed by atoms with Crippen molar-refractivity contribution < 1.29 is 4.79 Å². The van der Waals surface area contributed by atoms with Crippen molar-refractivity contribution in [1.29, 1.82) is 0 Å². The maximum Gasteiger partial charge on any atom is 0.264 e. The van der Waals surface area contributed by atoms with E-state index >= 15 is 0 Å². The first-order chi connectivity index (χ1) is 10.8. The van der Waals surface area contributed by atoms with Crippen LogP contribution < -0.4 is 0 Å². The second kappa shape index (κ2) is 9.65. The molecular weight excluding hydrogens is 328 g/mol. The minimum Gasteiger partial charge on any atom is -0.335 e. The standard InChI is InChI=1S/C18H28N2OS.ClH/c21-18(17-9-7-15-22-17)20-13-6-3-8-16(20)10-14-19-11-4-1-2-5-12-19;/h7,9,15-16H,1-6,8,10-14H2;1H. The fraction of sp³-hybridized carbons (Fsp3) is 0.722. The average Bonchev–Trinajstić information content (AvgIpc) is 2.97. The van der Waals surface area contributed by atoms with Gasteiger partial charge in [0.15, 0.2) is 0 Å². The molecule has 1 aromatic heterocycles. The van der Waals surface area contributed by atoms with Crippen LogP contribution in [0, 0.1) is 0 Å². The Morgan fingerprint density at radius 3 is 2.52 bits per heavy atom. The van der Waals surface area contributed by atoms with Gasteiger partial charge in [-0.1, -0.05) is 18.9 Å². The van der Waals surface area contributed by atoms with Gasteiger partial charge in [-0.25, -0.2) is 0 Å². The Morgan fingerprint density at radius 1 is 1.09 bits per heavy atom. The van der Waals surface area contributed by atoms with Gasteiger partial charge in [-0.3, -0.25) is 4.79 Å². The first-order valence-electron chi connectivity index (χ1n) is 8.91. The lowest BCUT2D eigenvalue weighted by atomic mass is 9.98. The van der Waals surface area contributed by atoms with Gasteiger partial charge in [0.25, 0.3) is 5.91 Å². The number of carbonyl (C=O) groups is 1. The Hall–Kier alpha value is -0.580. The molecule has 0 saturated carbocycles. The number of rotatable bonds is 4. The van der Waals surface area contributed by atoms with Crippen molar-refractivity contribution in [2.75, 3.05) is 26.2 Å². The molecule has 23 heavy (non-hydrogen) atoms. The SMILES string of the molecule is Cl.O=C(c1cccs1)N1CCCCC1CCN1CCCCCC1. The number of amides is 1. The van der Waals surface area contributed by atoms with Gasteiger partial charge in [-0.15, -0.1) is 23.7 Å². The number of hydrogen-bond donors (Lipinski definition) is 0. The van der Waals surface area contributed by atoms with Crippen LogP contribution in [-0.2, 0) is 0 Å². The summed E-state index contributed by atoms with van der Waals surface area (Å²) < 4.78 is 0. The van der Waals surface area contributed by atoms with Gasteiger partial charge in [0.1, 0.15) is 0 Å². The number of nitrogens with zero attached hydrogens (tertiary/aromatic N) is 2. The van der Waals surface area contributed by atoms with Crippen LogP contribution in [0.5, 0.6) is 0 Å². The van der Waals surface area contributed by atoms with Gasteiger partial charge in [0.05, 0.1) is 4.88 Å². The molecule has 1 unspecified atom stereocenters. The van der Waals surface area contributed by atoms with E-state index in [0.717, 1.165) is 24.3 Å². The van der Waals surface area contributed by atoms with Crippen molar-refractivity contribution in [3.8, 4) is 0 Å². The predicted molar refractivity (Wildman–Crippen MR) is 99.8 cm³/mol. The molecule has 0 radical (unpaired) electrons.